The van der Waals surface area contributed by atoms with E-state index in [1.54, 1.807) is 24.3 Å². The van der Waals surface area contributed by atoms with E-state index < -0.39 is 66.8 Å². The monoisotopic (exact) mass is 620 g/mol. The van der Waals surface area contributed by atoms with Crippen LogP contribution in [0.25, 0.3) is 22.3 Å². The minimum Gasteiger partial charge on any atom is -0.497 e. The van der Waals surface area contributed by atoms with Gasteiger partial charge in [-0.15, -0.1) is 0 Å². The van der Waals surface area contributed by atoms with Gasteiger partial charge in [0, 0.05) is 17.7 Å². The average molecular weight is 621 g/mol. The highest BCUT2D eigenvalue weighted by Gasteiger charge is 2.50. The second-order valence-electron chi connectivity index (χ2n) is 10.6. The Bertz CT molecular complexity index is 1510. The zero-order valence-electron chi connectivity index (χ0n) is 24.6. The van der Waals surface area contributed by atoms with Crippen molar-refractivity contribution in [2.75, 3.05) is 21.3 Å². The van der Waals surface area contributed by atoms with Gasteiger partial charge in [0.25, 0.3) is 0 Å². The first-order valence-electron chi connectivity index (χ1n) is 13.9. The van der Waals surface area contributed by atoms with E-state index in [1.165, 1.54) is 47.3 Å². The number of rotatable bonds is 8. The Kier molecular flexibility index (Phi) is 9.34. The molecule has 0 aliphatic carbocycles. The molecule has 14 nitrogen and oxygen atoms in total. The van der Waals surface area contributed by atoms with Crippen LogP contribution in [-0.2, 0) is 14.2 Å². The molecule has 0 bridgehead atoms. The predicted octanol–water partition coefficient (Wildman–Crippen LogP) is 0.544. The fourth-order valence-corrected chi connectivity index (χ4v) is 5.20. The third-order valence-corrected chi connectivity index (χ3v) is 7.82. The van der Waals surface area contributed by atoms with Gasteiger partial charge >= 0.3 is 0 Å². The SMILES string of the molecule is COc1ccc(-c2oc3cc(OC)cc(OC)c3c(=O)c2O[C@@H]2O[C@@H](C)[C@H](O)[C@@H](O)[C@H]2O[C@@H]2O[C@@H](C)[C@H](O)[C@@H](O)[C@H]2O)cc1. The van der Waals surface area contributed by atoms with Crippen LogP contribution in [-0.4, -0.2) is 108 Å². The van der Waals surface area contributed by atoms with E-state index in [0.29, 0.717) is 17.1 Å². The van der Waals surface area contributed by atoms with Crippen molar-refractivity contribution >= 4 is 11.0 Å². The molecule has 3 heterocycles. The van der Waals surface area contributed by atoms with Crippen molar-refractivity contribution in [1.29, 1.82) is 0 Å². The van der Waals surface area contributed by atoms with E-state index in [-0.39, 0.29) is 28.2 Å². The molecule has 44 heavy (non-hydrogen) atoms. The molecule has 0 spiro atoms. The summed E-state index contributed by atoms with van der Waals surface area (Å²) in [5.41, 5.74) is -0.111. The molecule has 2 aromatic carbocycles. The van der Waals surface area contributed by atoms with E-state index in [4.69, 9.17) is 37.6 Å². The Morgan fingerprint density at radius 3 is 1.93 bits per heavy atom. The topological polar surface area (TPSA) is 196 Å². The molecule has 0 saturated carbocycles. The summed E-state index contributed by atoms with van der Waals surface area (Å²) < 4.78 is 45.6. The Morgan fingerprint density at radius 1 is 0.705 bits per heavy atom. The third kappa shape index (κ3) is 5.82. The van der Waals surface area contributed by atoms with Gasteiger partial charge in [-0.25, -0.2) is 0 Å². The van der Waals surface area contributed by atoms with Crippen molar-refractivity contribution < 1.29 is 63.1 Å². The van der Waals surface area contributed by atoms with Gasteiger partial charge in [-0.2, -0.15) is 0 Å². The van der Waals surface area contributed by atoms with Crippen LogP contribution in [0, 0.1) is 0 Å². The summed E-state index contributed by atoms with van der Waals surface area (Å²) in [5.74, 6) is 0.701. The first kappa shape index (κ1) is 31.9. The highest BCUT2D eigenvalue weighted by Crippen LogP contribution is 2.39. The number of hydrogen-bond donors (Lipinski definition) is 5. The van der Waals surface area contributed by atoms with Crippen LogP contribution in [0.15, 0.2) is 45.6 Å². The van der Waals surface area contributed by atoms with Crippen LogP contribution < -0.4 is 24.4 Å². The van der Waals surface area contributed by atoms with Crippen molar-refractivity contribution in [3.05, 3.63) is 46.6 Å². The van der Waals surface area contributed by atoms with Crippen LogP contribution in [0.2, 0.25) is 0 Å². The molecule has 14 heteroatoms. The highest BCUT2D eigenvalue weighted by molar-refractivity contribution is 5.88. The van der Waals surface area contributed by atoms with Crippen molar-refractivity contribution in [1.82, 2.24) is 0 Å². The summed E-state index contributed by atoms with van der Waals surface area (Å²) >= 11 is 0. The van der Waals surface area contributed by atoms with E-state index >= 15 is 0 Å². The molecule has 2 saturated heterocycles. The summed E-state index contributed by atoms with van der Waals surface area (Å²) in [6.07, 6.45) is -14.5. The fraction of sp³-hybridized carbons (Fsp3) is 0.500. The van der Waals surface area contributed by atoms with Crippen LogP contribution in [0.4, 0.5) is 0 Å². The standard InChI is InChI=1S/C30H36O14/c1-12-20(31)23(34)25(36)29(40-12)44-28-24(35)21(32)13(2)41-30(28)43-27-22(33)19-17(39-5)10-16(38-4)11-18(19)42-26(27)14-6-8-15(37-3)9-7-14/h6-13,20-21,23-25,28-32,34-36H,1-5H3/t12-,13-,20-,21-,23+,24+,25+,28+,29-,30-/m0/s1. The molecule has 1 aromatic heterocycles. The van der Waals surface area contributed by atoms with E-state index in [0.717, 1.165) is 0 Å². The van der Waals surface area contributed by atoms with E-state index in [1.807, 2.05) is 0 Å². The maximum absolute atomic E-state index is 14.1. The van der Waals surface area contributed by atoms with Crippen molar-refractivity contribution in [2.24, 2.45) is 0 Å². The molecule has 240 valence electrons. The summed E-state index contributed by atoms with van der Waals surface area (Å²) in [7, 11) is 4.34. The molecule has 2 aliphatic rings. The zero-order chi connectivity index (χ0) is 31.9. The van der Waals surface area contributed by atoms with Crippen molar-refractivity contribution in [3.8, 4) is 34.3 Å². The summed E-state index contributed by atoms with van der Waals surface area (Å²) in [6, 6.07) is 9.62. The van der Waals surface area contributed by atoms with Gasteiger partial charge in [-0.1, -0.05) is 0 Å². The van der Waals surface area contributed by atoms with Gasteiger partial charge in [0.15, 0.2) is 18.2 Å². The third-order valence-electron chi connectivity index (χ3n) is 7.82. The fourth-order valence-electron chi connectivity index (χ4n) is 5.20. The molecule has 0 amide bonds. The maximum atomic E-state index is 14.1. The van der Waals surface area contributed by atoms with Crippen molar-refractivity contribution in [2.45, 2.75) is 75.3 Å². The molecule has 3 aromatic rings. The molecular weight excluding hydrogens is 584 g/mol. The number of ether oxygens (including phenoxy) is 7. The lowest BCUT2D eigenvalue weighted by molar-refractivity contribution is -0.352. The Balaban J connectivity index is 1.62. The Morgan fingerprint density at radius 2 is 1.32 bits per heavy atom. The molecular formula is C30H36O14. The average Bonchev–Trinajstić information content (AvgIpc) is 3.03. The minimum atomic E-state index is -1.73. The van der Waals surface area contributed by atoms with Gasteiger partial charge in [0.2, 0.25) is 17.5 Å². The summed E-state index contributed by atoms with van der Waals surface area (Å²) in [5, 5.41) is 52.6. The summed E-state index contributed by atoms with van der Waals surface area (Å²) in [6.45, 7) is 2.94. The second-order valence-corrected chi connectivity index (χ2v) is 10.6. The normalized spacial score (nSPS) is 32.3. The number of methoxy groups -OCH3 is 3. The Labute approximate surface area is 251 Å². The van der Waals surface area contributed by atoms with Gasteiger partial charge in [-0.3, -0.25) is 4.79 Å². The lowest BCUT2D eigenvalue weighted by Gasteiger charge is -2.45. The first-order valence-corrected chi connectivity index (χ1v) is 13.9. The van der Waals surface area contributed by atoms with E-state index in [2.05, 4.69) is 0 Å². The number of aliphatic hydroxyl groups is 5. The predicted molar refractivity (Wildman–Crippen MR) is 152 cm³/mol. The maximum Gasteiger partial charge on any atom is 0.239 e. The molecule has 5 N–H and O–H groups in total. The van der Waals surface area contributed by atoms with Crippen molar-refractivity contribution in [3.63, 3.8) is 0 Å². The van der Waals surface area contributed by atoms with Gasteiger partial charge in [-0.05, 0) is 38.1 Å². The lowest BCUT2D eigenvalue weighted by atomic mass is 9.98. The van der Waals surface area contributed by atoms with Crippen LogP contribution >= 0.6 is 0 Å². The number of benzene rings is 2. The lowest BCUT2D eigenvalue weighted by Crippen LogP contribution is -2.63. The van der Waals surface area contributed by atoms with E-state index in [9.17, 15) is 30.3 Å². The molecule has 0 radical (unpaired) electrons. The molecule has 2 aliphatic heterocycles. The number of hydrogen-bond acceptors (Lipinski definition) is 14. The van der Waals surface area contributed by atoms with Gasteiger partial charge < -0.3 is 63.1 Å². The van der Waals surface area contributed by atoms with Gasteiger partial charge in [0.1, 0.15) is 58.7 Å². The number of fused-ring (bicyclic) bond motifs is 1. The summed E-state index contributed by atoms with van der Waals surface area (Å²) in [4.78, 5) is 14.1. The molecule has 5 rings (SSSR count). The molecule has 0 unspecified atom stereocenters. The number of aliphatic hydroxyl groups excluding tert-OH is 5. The first-order chi connectivity index (χ1) is 21.0. The molecule has 10 atom stereocenters. The van der Waals surface area contributed by atoms with Crippen LogP contribution in [0.5, 0.6) is 23.0 Å². The zero-order valence-corrected chi connectivity index (χ0v) is 24.6. The quantitative estimate of drug-likeness (QED) is 0.234. The minimum absolute atomic E-state index is 0.0165. The molecule has 2 fully saturated rings. The second kappa shape index (κ2) is 12.9. The van der Waals surface area contributed by atoms with Crippen LogP contribution in [0.3, 0.4) is 0 Å². The van der Waals surface area contributed by atoms with Crippen LogP contribution in [0.1, 0.15) is 13.8 Å². The Hall–Kier alpha value is -3.47. The highest BCUT2D eigenvalue weighted by atomic mass is 16.8. The van der Waals surface area contributed by atoms with Gasteiger partial charge in [0.05, 0.1) is 33.5 Å². The smallest absolute Gasteiger partial charge is 0.239 e. The largest absolute Gasteiger partial charge is 0.497 e.